The first-order valence-electron chi connectivity index (χ1n) is 12.9. The maximum atomic E-state index is 14.9. The summed E-state index contributed by atoms with van der Waals surface area (Å²) in [6, 6.07) is 21.4. The van der Waals surface area contributed by atoms with Crippen LogP contribution in [-0.4, -0.2) is 6.36 Å². The van der Waals surface area contributed by atoms with Crippen molar-refractivity contribution in [2.24, 2.45) is 0 Å². The molecule has 0 fully saturated rings. The van der Waals surface area contributed by atoms with Gasteiger partial charge < -0.3 is 4.74 Å². The van der Waals surface area contributed by atoms with Crippen LogP contribution in [0.5, 0.6) is 5.75 Å². The van der Waals surface area contributed by atoms with Gasteiger partial charge in [0.15, 0.2) is 11.6 Å². The number of alkyl halides is 3. The number of halogens is 6. The van der Waals surface area contributed by atoms with Gasteiger partial charge in [0.2, 0.25) is 5.75 Å². The lowest BCUT2D eigenvalue weighted by molar-refractivity contribution is -0.276. The highest BCUT2D eigenvalue weighted by Gasteiger charge is 2.34. The SMILES string of the molecule is CCCCCCCc1ccc(-c2ccc(-c3ccc(-c4cc(F)c(OC(F)(F)F)c(F)c4)c(F)c3)cc2)cc1. The molecular weight excluding hydrogens is 514 g/mol. The molecule has 0 bridgehead atoms. The van der Waals surface area contributed by atoms with Crippen LogP contribution in [0, 0.1) is 17.5 Å². The van der Waals surface area contributed by atoms with E-state index >= 15 is 0 Å². The second-order valence-corrected chi connectivity index (χ2v) is 9.45. The normalized spacial score (nSPS) is 11.6. The van der Waals surface area contributed by atoms with Gasteiger partial charge in [0.25, 0.3) is 0 Å². The summed E-state index contributed by atoms with van der Waals surface area (Å²) < 4.78 is 83.7. The predicted octanol–water partition coefficient (Wildman–Crippen LogP) is 10.5. The van der Waals surface area contributed by atoms with E-state index in [-0.39, 0.29) is 11.1 Å². The fraction of sp³-hybridized carbons (Fsp3) is 0.250. The minimum absolute atomic E-state index is 0.155. The third-order valence-corrected chi connectivity index (χ3v) is 6.57. The number of hydrogen-bond donors (Lipinski definition) is 0. The van der Waals surface area contributed by atoms with E-state index in [9.17, 15) is 26.3 Å². The fourth-order valence-corrected chi connectivity index (χ4v) is 4.51. The molecule has 39 heavy (non-hydrogen) atoms. The molecule has 7 heteroatoms. The van der Waals surface area contributed by atoms with E-state index in [1.807, 2.05) is 24.3 Å². The molecule has 0 heterocycles. The molecule has 0 spiro atoms. The van der Waals surface area contributed by atoms with E-state index < -0.39 is 29.6 Å². The number of ether oxygens (including phenoxy) is 1. The quantitative estimate of drug-likeness (QED) is 0.143. The Kier molecular flexibility index (Phi) is 9.00. The van der Waals surface area contributed by atoms with Gasteiger partial charge in [-0.15, -0.1) is 13.2 Å². The van der Waals surface area contributed by atoms with Crippen LogP contribution in [0.15, 0.2) is 78.9 Å². The smallest absolute Gasteiger partial charge is 0.399 e. The lowest BCUT2D eigenvalue weighted by Crippen LogP contribution is -2.19. The van der Waals surface area contributed by atoms with Gasteiger partial charge in [0, 0.05) is 5.56 Å². The molecule has 0 saturated carbocycles. The average molecular weight is 543 g/mol. The van der Waals surface area contributed by atoms with Crippen LogP contribution < -0.4 is 4.74 Å². The largest absolute Gasteiger partial charge is 0.573 e. The standard InChI is InChI=1S/C32H28F6O/c1-2-3-4-5-6-7-21-8-10-22(11-9-21)23-12-14-24(15-13-23)25-16-17-27(28(33)18-25)26-19-29(34)31(30(35)20-26)39-32(36,37)38/h8-20H,2-7H2,1H3. The van der Waals surface area contributed by atoms with E-state index in [0.29, 0.717) is 17.7 Å². The monoisotopic (exact) mass is 542 g/mol. The molecule has 0 aromatic heterocycles. The molecule has 0 unspecified atom stereocenters. The van der Waals surface area contributed by atoms with Gasteiger partial charge in [-0.25, -0.2) is 13.2 Å². The summed E-state index contributed by atoms with van der Waals surface area (Å²) in [5.41, 5.74) is 4.26. The second-order valence-electron chi connectivity index (χ2n) is 9.45. The summed E-state index contributed by atoms with van der Waals surface area (Å²) >= 11 is 0. The van der Waals surface area contributed by atoms with E-state index in [1.54, 1.807) is 6.07 Å². The molecule has 0 aliphatic carbocycles. The third-order valence-electron chi connectivity index (χ3n) is 6.57. The Balaban J connectivity index is 1.46. The van der Waals surface area contributed by atoms with Crippen molar-refractivity contribution in [1.29, 1.82) is 0 Å². The molecular formula is C32H28F6O. The number of benzene rings is 4. The zero-order valence-electron chi connectivity index (χ0n) is 21.4. The van der Waals surface area contributed by atoms with Gasteiger partial charge in [-0.2, -0.15) is 0 Å². The molecule has 0 aliphatic heterocycles. The molecule has 4 aromatic carbocycles. The van der Waals surface area contributed by atoms with Gasteiger partial charge >= 0.3 is 6.36 Å². The van der Waals surface area contributed by atoms with Crippen molar-refractivity contribution in [2.45, 2.75) is 51.8 Å². The lowest BCUT2D eigenvalue weighted by atomic mass is 9.96. The number of hydrogen-bond acceptors (Lipinski definition) is 1. The van der Waals surface area contributed by atoms with Crippen LogP contribution in [0.4, 0.5) is 26.3 Å². The summed E-state index contributed by atoms with van der Waals surface area (Å²) in [6.45, 7) is 2.21. The number of aryl methyl sites for hydroxylation is 1. The van der Waals surface area contributed by atoms with Gasteiger partial charge in [0.1, 0.15) is 5.82 Å². The Hall–Kier alpha value is -3.74. The molecule has 1 nitrogen and oxygen atoms in total. The maximum absolute atomic E-state index is 14.9. The summed E-state index contributed by atoms with van der Waals surface area (Å²) in [5, 5.41) is 0. The van der Waals surface area contributed by atoms with Crippen molar-refractivity contribution >= 4 is 0 Å². The van der Waals surface area contributed by atoms with Crippen LogP contribution in [-0.2, 0) is 6.42 Å². The molecule has 204 valence electrons. The van der Waals surface area contributed by atoms with Crippen LogP contribution in [0.2, 0.25) is 0 Å². The van der Waals surface area contributed by atoms with Gasteiger partial charge in [0.05, 0.1) is 0 Å². The van der Waals surface area contributed by atoms with Gasteiger partial charge in [-0.1, -0.05) is 93.3 Å². The number of rotatable bonds is 10. The minimum Gasteiger partial charge on any atom is -0.399 e. The molecule has 0 atom stereocenters. The molecule has 4 rings (SSSR count). The topological polar surface area (TPSA) is 9.23 Å². The van der Waals surface area contributed by atoms with Crippen molar-refractivity contribution in [3.8, 4) is 39.1 Å². The molecule has 0 saturated heterocycles. The van der Waals surface area contributed by atoms with Crippen molar-refractivity contribution < 1.29 is 31.1 Å². The highest BCUT2D eigenvalue weighted by molar-refractivity contribution is 5.74. The zero-order valence-corrected chi connectivity index (χ0v) is 21.4. The highest BCUT2D eigenvalue weighted by atomic mass is 19.4. The Bertz CT molecular complexity index is 1370. The van der Waals surface area contributed by atoms with E-state index in [1.165, 1.54) is 49.8 Å². The molecule has 0 radical (unpaired) electrons. The lowest BCUT2D eigenvalue weighted by Gasteiger charge is -2.13. The summed E-state index contributed by atoms with van der Waals surface area (Å²) in [4.78, 5) is 0. The van der Waals surface area contributed by atoms with E-state index in [4.69, 9.17) is 0 Å². The first-order chi connectivity index (χ1) is 18.6. The van der Waals surface area contributed by atoms with E-state index in [0.717, 1.165) is 23.1 Å². The summed E-state index contributed by atoms with van der Waals surface area (Å²) in [5.74, 6) is -5.52. The number of unbranched alkanes of at least 4 members (excludes halogenated alkanes) is 4. The zero-order chi connectivity index (χ0) is 28.0. The molecule has 0 amide bonds. The van der Waals surface area contributed by atoms with Gasteiger partial charge in [-0.3, -0.25) is 0 Å². The van der Waals surface area contributed by atoms with Crippen molar-refractivity contribution in [3.63, 3.8) is 0 Å². The second kappa shape index (κ2) is 12.4. The first kappa shape index (κ1) is 28.3. The minimum atomic E-state index is -5.26. The van der Waals surface area contributed by atoms with Gasteiger partial charge in [-0.05, 0) is 64.4 Å². The maximum Gasteiger partial charge on any atom is 0.573 e. The average Bonchev–Trinajstić information content (AvgIpc) is 2.90. The van der Waals surface area contributed by atoms with Crippen LogP contribution in [0.1, 0.15) is 44.6 Å². The van der Waals surface area contributed by atoms with Crippen molar-refractivity contribution in [1.82, 2.24) is 0 Å². The third kappa shape index (κ3) is 7.43. The molecule has 0 aliphatic rings. The van der Waals surface area contributed by atoms with Crippen LogP contribution in [0.3, 0.4) is 0 Å². The summed E-state index contributed by atoms with van der Waals surface area (Å²) in [7, 11) is 0. The Morgan fingerprint density at radius 1 is 0.564 bits per heavy atom. The van der Waals surface area contributed by atoms with Crippen LogP contribution >= 0.6 is 0 Å². The Labute approximate surface area is 224 Å². The fourth-order valence-electron chi connectivity index (χ4n) is 4.51. The molecule has 4 aromatic rings. The van der Waals surface area contributed by atoms with E-state index in [2.05, 4.69) is 35.9 Å². The van der Waals surface area contributed by atoms with Crippen molar-refractivity contribution in [2.75, 3.05) is 0 Å². The highest BCUT2D eigenvalue weighted by Crippen LogP contribution is 2.35. The van der Waals surface area contributed by atoms with Crippen molar-refractivity contribution in [3.05, 3.63) is 102 Å². The first-order valence-corrected chi connectivity index (χ1v) is 12.9. The molecule has 0 N–H and O–H groups in total. The Morgan fingerprint density at radius 3 is 1.59 bits per heavy atom. The Morgan fingerprint density at radius 2 is 1.05 bits per heavy atom. The summed E-state index contributed by atoms with van der Waals surface area (Å²) in [6.07, 6.45) is 2.03. The van der Waals surface area contributed by atoms with Crippen LogP contribution in [0.25, 0.3) is 33.4 Å². The predicted molar refractivity (Wildman–Crippen MR) is 142 cm³/mol.